The van der Waals surface area contributed by atoms with Crippen LogP contribution in [0.15, 0.2) is 0 Å². The molecule has 16 heavy (non-hydrogen) atoms. The zero-order valence-corrected chi connectivity index (χ0v) is 11.5. The fraction of sp³-hybridized carbons (Fsp3) is 0.750. The van der Waals surface area contributed by atoms with Crippen molar-refractivity contribution in [2.75, 3.05) is 13.2 Å². The molecule has 0 radical (unpaired) electrons. The highest BCUT2D eigenvalue weighted by Crippen LogP contribution is 2.28. The van der Waals surface area contributed by atoms with Crippen molar-refractivity contribution in [3.63, 3.8) is 0 Å². The van der Waals surface area contributed by atoms with E-state index in [0.717, 1.165) is 36.8 Å². The Hall–Kier alpha value is -0.450. The standard InChI is InChI=1S/C12H22N2OS/c1-5-10(15-7-3)12-14-9(4)11(16-12)8-13-6-2/h10,13H,5-8H2,1-4H3. The van der Waals surface area contributed by atoms with Gasteiger partial charge in [-0.2, -0.15) is 0 Å². The molecular formula is C12H22N2OS. The topological polar surface area (TPSA) is 34.1 Å². The monoisotopic (exact) mass is 242 g/mol. The lowest BCUT2D eigenvalue weighted by Gasteiger charge is -2.11. The molecule has 0 spiro atoms. The molecule has 0 aromatic carbocycles. The van der Waals surface area contributed by atoms with Gasteiger partial charge in [0.25, 0.3) is 0 Å². The summed E-state index contributed by atoms with van der Waals surface area (Å²) in [6, 6.07) is 0. The van der Waals surface area contributed by atoms with E-state index in [1.807, 2.05) is 6.92 Å². The van der Waals surface area contributed by atoms with Gasteiger partial charge in [0.2, 0.25) is 0 Å². The second kappa shape index (κ2) is 6.99. The van der Waals surface area contributed by atoms with E-state index in [9.17, 15) is 0 Å². The lowest BCUT2D eigenvalue weighted by atomic mass is 10.3. The highest BCUT2D eigenvalue weighted by molar-refractivity contribution is 7.11. The van der Waals surface area contributed by atoms with Crippen molar-refractivity contribution in [1.82, 2.24) is 10.3 Å². The number of thiazole rings is 1. The Labute approximate surface area is 102 Å². The Bertz CT molecular complexity index is 312. The van der Waals surface area contributed by atoms with Gasteiger partial charge in [0.1, 0.15) is 11.1 Å². The molecular weight excluding hydrogens is 220 g/mol. The predicted octanol–water partition coefficient (Wildman–Crippen LogP) is 3.05. The molecule has 0 bridgehead atoms. The lowest BCUT2D eigenvalue weighted by molar-refractivity contribution is 0.0596. The summed E-state index contributed by atoms with van der Waals surface area (Å²) < 4.78 is 5.68. The highest BCUT2D eigenvalue weighted by Gasteiger charge is 2.15. The van der Waals surface area contributed by atoms with Crippen LogP contribution in [-0.2, 0) is 11.3 Å². The minimum Gasteiger partial charge on any atom is -0.371 e. The number of aromatic nitrogens is 1. The first kappa shape index (κ1) is 13.6. The first-order valence-corrected chi connectivity index (χ1v) is 6.83. The molecule has 0 saturated carbocycles. The maximum atomic E-state index is 5.68. The summed E-state index contributed by atoms with van der Waals surface area (Å²) in [5.74, 6) is 0. The molecule has 3 nitrogen and oxygen atoms in total. The van der Waals surface area contributed by atoms with Crippen molar-refractivity contribution in [1.29, 1.82) is 0 Å². The van der Waals surface area contributed by atoms with Crippen LogP contribution in [0.4, 0.5) is 0 Å². The Morgan fingerprint density at radius 2 is 2.12 bits per heavy atom. The van der Waals surface area contributed by atoms with E-state index in [0.29, 0.717) is 0 Å². The van der Waals surface area contributed by atoms with Crippen molar-refractivity contribution in [2.45, 2.75) is 46.8 Å². The van der Waals surface area contributed by atoms with Gasteiger partial charge in [0.05, 0.1) is 5.69 Å². The van der Waals surface area contributed by atoms with Crippen LogP contribution < -0.4 is 5.32 Å². The molecule has 1 aromatic heterocycles. The maximum Gasteiger partial charge on any atom is 0.122 e. The molecule has 0 fully saturated rings. The SMILES string of the molecule is CCNCc1sc(C(CC)OCC)nc1C. The molecule has 1 unspecified atom stereocenters. The van der Waals surface area contributed by atoms with Crippen LogP contribution in [0.1, 0.15) is 48.9 Å². The van der Waals surface area contributed by atoms with Gasteiger partial charge in [-0.25, -0.2) is 4.98 Å². The Kier molecular flexibility index (Phi) is 5.95. The van der Waals surface area contributed by atoms with E-state index in [4.69, 9.17) is 4.74 Å². The summed E-state index contributed by atoms with van der Waals surface area (Å²) in [4.78, 5) is 5.94. The van der Waals surface area contributed by atoms with E-state index in [2.05, 4.69) is 31.1 Å². The molecule has 0 aliphatic rings. The molecule has 0 aliphatic heterocycles. The van der Waals surface area contributed by atoms with Gasteiger partial charge in [0.15, 0.2) is 0 Å². The van der Waals surface area contributed by atoms with E-state index < -0.39 is 0 Å². The molecule has 1 heterocycles. The van der Waals surface area contributed by atoms with Gasteiger partial charge in [-0.3, -0.25) is 0 Å². The molecule has 1 aromatic rings. The van der Waals surface area contributed by atoms with Crippen LogP contribution in [-0.4, -0.2) is 18.1 Å². The Balaban J connectivity index is 2.73. The quantitative estimate of drug-likeness (QED) is 0.798. The second-order valence-corrected chi connectivity index (χ2v) is 4.81. The van der Waals surface area contributed by atoms with Crippen LogP contribution in [0, 0.1) is 6.92 Å². The third kappa shape index (κ3) is 3.54. The number of nitrogens with zero attached hydrogens (tertiary/aromatic N) is 1. The van der Waals surface area contributed by atoms with Crippen molar-refractivity contribution in [3.05, 3.63) is 15.6 Å². The van der Waals surface area contributed by atoms with Crippen molar-refractivity contribution < 1.29 is 4.74 Å². The van der Waals surface area contributed by atoms with E-state index in [1.165, 1.54) is 4.88 Å². The smallest absolute Gasteiger partial charge is 0.122 e. The van der Waals surface area contributed by atoms with Gasteiger partial charge < -0.3 is 10.1 Å². The molecule has 0 aliphatic carbocycles. The van der Waals surface area contributed by atoms with Crippen molar-refractivity contribution in [3.8, 4) is 0 Å². The zero-order valence-electron chi connectivity index (χ0n) is 10.7. The fourth-order valence-corrected chi connectivity index (χ4v) is 2.72. The first-order chi connectivity index (χ1) is 7.72. The summed E-state index contributed by atoms with van der Waals surface area (Å²) in [5, 5.41) is 4.46. The molecule has 92 valence electrons. The van der Waals surface area contributed by atoms with Gasteiger partial charge >= 0.3 is 0 Å². The van der Waals surface area contributed by atoms with Crippen LogP contribution in [0.2, 0.25) is 0 Å². The van der Waals surface area contributed by atoms with E-state index in [-0.39, 0.29) is 6.10 Å². The summed E-state index contributed by atoms with van der Waals surface area (Å²) in [5.41, 5.74) is 1.14. The van der Waals surface area contributed by atoms with Crippen LogP contribution in [0.25, 0.3) is 0 Å². The average molecular weight is 242 g/mol. The minimum absolute atomic E-state index is 0.170. The van der Waals surface area contributed by atoms with Crippen molar-refractivity contribution >= 4 is 11.3 Å². The molecule has 1 atom stereocenters. The number of ether oxygens (including phenoxy) is 1. The fourth-order valence-electron chi connectivity index (χ4n) is 1.56. The summed E-state index contributed by atoms with van der Waals surface area (Å²) in [7, 11) is 0. The largest absolute Gasteiger partial charge is 0.371 e. The number of nitrogens with one attached hydrogen (secondary N) is 1. The number of aryl methyl sites for hydroxylation is 1. The maximum absolute atomic E-state index is 5.68. The van der Waals surface area contributed by atoms with Gasteiger partial charge in [-0.15, -0.1) is 11.3 Å². The number of hydrogen-bond donors (Lipinski definition) is 1. The summed E-state index contributed by atoms with van der Waals surface area (Å²) >= 11 is 1.77. The lowest BCUT2D eigenvalue weighted by Crippen LogP contribution is -2.11. The van der Waals surface area contributed by atoms with Crippen molar-refractivity contribution in [2.24, 2.45) is 0 Å². The first-order valence-electron chi connectivity index (χ1n) is 6.01. The summed E-state index contributed by atoms with van der Waals surface area (Å²) in [6.45, 7) is 11.0. The van der Waals surface area contributed by atoms with Crippen LogP contribution >= 0.6 is 11.3 Å². The Morgan fingerprint density at radius 3 is 2.69 bits per heavy atom. The third-order valence-corrected chi connectivity index (χ3v) is 3.71. The van der Waals surface area contributed by atoms with E-state index >= 15 is 0 Å². The zero-order chi connectivity index (χ0) is 12.0. The predicted molar refractivity (Wildman–Crippen MR) is 68.9 cm³/mol. The molecule has 0 amide bonds. The molecule has 1 rings (SSSR count). The van der Waals surface area contributed by atoms with Gasteiger partial charge in [-0.1, -0.05) is 13.8 Å². The Morgan fingerprint density at radius 1 is 1.38 bits per heavy atom. The minimum atomic E-state index is 0.170. The molecule has 1 N–H and O–H groups in total. The molecule has 0 saturated heterocycles. The third-order valence-electron chi connectivity index (χ3n) is 2.46. The van der Waals surface area contributed by atoms with Crippen LogP contribution in [0.3, 0.4) is 0 Å². The van der Waals surface area contributed by atoms with Gasteiger partial charge in [-0.05, 0) is 26.8 Å². The van der Waals surface area contributed by atoms with Crippen LogP contribution in [0.5, 0.6) is 0 Å². The van der Waals surface area contributed by atoms with E-state index in [1.54, 1.807) is 11.3 Å². The van der Waals surface area contributed by atoms with Gasteiger partial charge in [0, 0.05) is 18.0 Å². The molecule has 4 heteroatoms. The number of hydrogen-bond acceptors (Lipinski definition) is 4. The summed E-state index contributed by atoms with van der Waals surface area (Å²) in [6.07, 6.45) is 1.16. The normalized spacial score (nSPS) is 13.0. The highest BCUT2D eigenvalue weighted by atomic mass is 32.1. The number of rotatable bonds is 7. The second-order valence-electron chi connectivity index (χ2n) is 3.69. The average Bonchev–Trinajstić information content (AvgIpc) is 2.64.